The Bertz CT molecular complexity index is 884. The topological polar surface area (TPSA) is 98.3 Å². The minimum absolute atomic E-state index is 0.267. The number of ether oxygens (including phenoxy) is 1. The Labute approximate surface area is 146 Å². The van der Waals surface area contributed by atoms with Crippen molar-refractivity contribution < 1.29 is 14.6 Å². The highest BCUT2D eigenvalue weighted by atomic mass is 79.9. The standard InChI is InChI=1S/C17H14BrN3O3/c18-12-8-11-3-6-15(21-16(11)20-9-12)24-13-4-1-10(2-5-13)7-14(19)17(22)23/h1-6,8-9,14H,7,19H2,(H,22,23)/t14-/m0/s1. The van der Waals surface area contributed by atoms with Crippen LogP contribution in [0.25, 0.3) is 11.0 Å². The molecule has 0 aliphatic rings. The van der Waals surface area contributed by atoms with E-state index in [9.17, 15) is 4.79 Å². The summed E-state index contributed by atoms with van der Waals surface area (Å²) in [6.45, 7) is 0. The second-order valence-electron chi connectivity index (χ2n) is 5.24. The highest BCUT2D eigenvalue weighted by molar-refractivity contribution is 9.10. The molecule has 0 amide bonds. The van der Waals surface area contributed by atoms with Crippen LogP contribution in [0.15, 0.2) is 53.1 Å². The van der Waals surface area contributed by atoms with Crippen molar-refractivity contribution in [2.75, 3.05) is 0 Å². The first-order chi connectivity index (χ1) is 11.5. The summed E-state index contributed by atoms with van der Waals surface area (Å²) in [6, 6.07) is 11.8. The molecule has 0 spiro atoms. The van der Waals surface area contributed by atoms with Gasteiger partial charge in [0.15, 0.2) is 5.65 Å². The number of aliphatic carboxylic acids is 1. The minimum atomic E-state index is -1.02. The summed E-state index contributed by atoms with van der Waals surface area (Å²) < 4.78 is 6.60. The van der Waals surface area contributed by atoms with Gasteiger partial charge in [0.05, 0.1) is 0 Å². The van der Waals surface area contributed by atoms with Gasteiger partial charge in [-0.3, -0.25) is 4.79 Å². The first-order valence-corrected chi connectivity index (χ1v) is 7.98. The molecule has 2 heterocycles. The van der Waals surface area contributed by atoms with Crippen LogP contribution in [0.5, 0.6) is 11.6 Å². The summed E-state index contributed by atoms with van der Waals surface area (Å²) in [5.41, 5.74) is 6.95. The van der Waals surface area contributed by atoms with Crippen molar-refractivity contribution in [1.29, 1.82) is 0 Å². The van der Waals surface area contributed by atoms with Crippen molar-refractivity contribution in [3.8, 4) is 11.6 Å². The fourth-order valence-corrected chi connectivity index (χ4v) is 2.53. The van der Waals surface area contributed by atoms with Crippen molar-refractivity contribution >= 4 is 32.9 Å². The smallest absolute Gasteiger partial charge is 0.320 e. The molecule has 3 N–H and O–H groups in total. The number of pyridine rings is 2. The molecular formula is C17H14BrN3O3. The summed E-state index contributed by atoms with van der Waals surface area (Å²) in [7, 11) is 0. The van der Waals surface area contributed by atoms with Gasteiger partial charge in [0, 0.05) is 22.1 Å². The number of fused-ring (bicyclic) bond motifs is 1. The van der Waals surface area contributed by atoms with Crippen LogP contribution in [-0.2, 0) is 11.2 Å². The van der Waals surface area contributed by atoms with Crippen molar-refractivity contribution in [3.05, 3.63) is 58.7 Å². The molecule has 6 nitrogen and oxygen atoms in total. The molecule has 1 aromatic carbocycles. The summed E-state index contributed by atoms with van der Waals surface area (Å²) in [5.74, 6) is 0.0220. The van der Waals surface area contributed by atoms with E-state index in [1.807, 2.05) is 12.1 Å². The number of aromatic nitrogens is 2. The van der Waals surface area contributed by atoms with Crippen LogP contribution in [0.1, 0.15) is 5.56 Å². The Morgan fingerprint density at radius 2 is 2.00 bits per heavy atom. The molecule has 2 aromatic heterocycles. The summed E-state index contributed by atoms with van der Waals surface area (Å²) in [6.07, 6.45) is 1.95. The van der Waals surface area contributed by atoms with E-state index in [1.165, 1.54) is 0 Å². The quantitative estimate of drug-likeness (QED) is 0.697. The van der Waals surface area contributed by atoms with Gasteiger partial charge < -0.3 is 15.6 Å². The van der Waals surface area contributed by atoms with E-state index in [1.54, 1.807) is 36.5 Å². The SMILES string of the molecule is N[C@@H](Cc1ccc(Oc2ccc3cc(Br)cnc3n2)cc1)C(=O)O. The van der Waals surface area contributed by atoms with E-state index in [0.717, 1.165) is 15.4 Å². The van der Waals surface area contributed by atoms with Gasteiger partial charge in [0.1, 0.15) is 11.8 Å². The van der Waals surface area contributed by atoms with Gasteiger partial charge in [-0.1, -0.05) is 12.1 Å². The van der Waals surface area contributed by atoms with Crippen LogP contribution < -0.4 is 10.5 Å². The molecule has 24 heavy (non-hydrogen) atoms. The molecule has 0 unspecified atom stereocenters. The monoisotopic (exact) mass is 387 g/mol. The lowest BCUT2D eigenvalue weighted by molar-refractivity contribution is -0.138. The average molecular weight is 388 g/mol. The molecule has 0 aliphatic carbocycles. The largest absolute Gasteiger partial charge is 0.480 e. The number of carboxylic acids is 1. The number of halogens is 1. The zero-order valence-corrected chi connectivity index (χ0v) is 14.1. The van der Waals surface area contributed by atoms with Gasteiger partial charge in [-0.15, -0.1) is 0 Å². The van der Waals surface area contributed by atoms with Gasteiger partial charge in [-0.2, -0.15) is 4.98 Å². The zero-order valence-electron chi connectivity index (χ0n) is 12.5. The highest BCUT2D eigenvalue weighted by Crippen LogP contribution is 2.23. The van der Waals surface area contributed by atoms with E-state index >= 15 is 0 Å². The number of hydrogen-bond donors (Lipinski definition) is 2. The Morgan fingerprint density at radius 3 is 2.71 bits per heavy atom. The van der Waals surface area contributed by atoms with Crippen LogP contribution in [0.3, 0.4) is 0 Å². The summed E-state index contributed by atoms with van der Waals surface area (Å²) in [4.78, 5) is 19.4. The molecule has 0 bridgehead atoms. The van der Waals surface area contributed by atoms with Gasteiger partial charge in [0.25, 0.3) is 0 Å². The minimum Gasteiger partial charge on any atom is -0.480 e. The van der Waals surface area contributed by atoms with Crippen molar-refractivity contribution in [2.24, 2.45) is 5.73 Å². The fraction of sp³-hybridized carbons (Fsp3) is 0.118. The lowest BCUT2D eigenvalue weighted by Crippen LogP contribution is -2.32. The number of benzene rings is 1. The Hall–Kier alpha value is -2.51. The van der Waals surface area contributed by atoms with E-state index < -0.39 is 12.0 Å². The van der Waals surface area contributed by atoms with Gasteiger partial charge in [-0.05, 0) is 52.2 Å². The molecule has 0 fully saturated rings. The molecular weight excluding hydrogens is 374 g/mol. The molecule has 0 saturated carbocycles. The summed E-state index contributed by atoms with van der Waals surface area (Å²) in [5, 5.41) is 9.74. The highest BCUT2D eigenvalue weighted by Gasteiger charge is 2.12. The van der Waals surface area contributed by atoms with Crippen LogP contribution in [-0.4, -0.2) is 27.1 Å². The van der Waals surface area contributed by atoms with E-state index in [2.05, 4.69) is 25.9 Å². The second-order valence-corrected chi connectivity index (χ2v) is 6.16. The molecule has 0 radical (unpaired) electrons. The Balaban J connectivity index is 1.74. The molecule has 7 heteroatoms. The third kappa shape index (κ3) is 3.87. The van der Waals surface area contributed by atoms with Crippen LogP contribution in [0.2, 0.25) is 0 Å². The maximum Gasteiger partial charge on any atom is 0.320 e. The first-order valence-electron chi connectivity index (χ1n) is 7.19. The Kier molecular flexibility index (Phi) is 4.73. The first kappa shape index (κ1) is 16.4. The third-order valence-electron chi connectivity index (χ3n) is 3.40. The third-order valence-corrected chi connectivity index (χ3v) is 3.84. The fourth-order valence-electron chi connectivity index (χ4n) is 2.18. The molecule has 1 atom stereocenters. The van der Waals surface area contributed by atoms with Crippen LogP contribution in [0.4, 0.5) is 0 Å². The number of rotatable bonds is 5. The number of nitrogens with two attached hydrogens (primary N) is 1. The molecule has 3 aromatic rings. The van der Waals surface area contributed by atoms with Crippen LogP contribution >= 0.6 is 15.9 Å². The maximum atomic E-state index is 10.8. The zero-order chi connectivity index (χ0) is 17.1. The van der Waals surface area contributed by atoms with Crippen LogP contribution in [0, 0.1) is 0 Å². The predicted octanol–water partition coefficient (Wildman–Crippen LogP) is 3.14. The maximum absolute atomic E-state index is 10.8. The van der Waals surface area contributed by atoms with Gasteiger partial charge in [-0.25, -0.2) is 4.98 Å². The van der Waals surface area contributed by atoms with E-state index in [-0.39, 0.29) is 6.42 Å². The van der Waals surface area contributed by atoms with E-state index in [4.69, 9.17) is 15.6 Å². The molecule has 0 saturated heterocycles. The molecule has 3 rings (SSSR count). The van der Waals surface area contributed by atoms with Crippen molar-refractivity contribution in [2.45, 2.75) is 12.5 Å². The van der Waals surface area contributed by atoms with E-state index in [0.29, 0.717) is 17.3 Å². The Morgan fingerprint density at radius 1 is 1.25 bits per heavy atom. The lowest BCUT2D eigenvalue weighted by Gasteiger charge is -2.08. The predicted molar refractivity (Wildman–Crippen MR) is 93.1 cm³/mol. The number of nitrogens with zero attached hydrogens (tertiary/aromatic N) is 2. The van der Waals surface area contributed by atoms with Crippen molar-refractivity contribution in [3.63, 3.8) is 0 Å². The second kappa shape index (κ2) is 6.94. The average Bonchev–Trinajstić information content (AvgIpc) is 2.56. The number of hydrogen-bond acceptors (Lipinski definition) is 5. The number of carbonyl (C=O) groups is 1. The number of carboxylic acid groups (broad SMARTS) is 1. The summed E-state index contributed by atoms with van der Waals surface area (Å²) >= 11 is 3.37. The normalized spacial score (nSPS) is 12.1. The van der Waals surface area contributed by atoms with Gasteiger partial charge in [0.2, 0.25) is 5.88 Å². The van der Waals surface area contributed by atoms with Crippen molar-refractivity contribution in [1.82, 2.24) is 9.97 Å². The lowest BCUT2D eigenvalue weighted by atomic mass is 10.1. The molecule has 122 valence electrons. The molecule has 0 aliphatic heterocycles. The van der Waals surface area contributed by atoms with Gasteiger partial charge >= 0.3 is 5.97 Å².